The number of hydrogen-bond donors (Lipinski definition) is 0. The van der Waals surface area contributed by atoms with Gasteiger partial charge in [0.25, 0.3) is 10.0 Å². The number of sulfonamides is 1. The number of aryl methyl sites for hydroxylation is 1. The highest BCUT2D eigenvalue weighted by atomic mass is 32.2. The number of carbonyl (C=O) groups is 1. The summed E-state index contributed by atoms with van der Waals surface area (Å²) >= 11 is 0. The maximum atomic E-state index is 12.9. The molecule has 1 heterocycles. The molecule has 0 radical (unpaired) electrons. The zero-order valence-corrected chi connectivity index (χ0v) is 12.2. The molecule has 0 unspecified atom stereocenters. The van der Waals surface area contributed by atoms with Gasteiger partial charge in [0.05, 0.1) is 10.6 Å². The molecule has 0 saturated heterocycles. The van der Waals surface area contributed by atoms with Crippen molar-refractivity contribution in [1.82, 2.24) is 0 Å². The van der Waals surface area contributed by atoms with Crippen molar-refractivity contribution in [3.63, 3.8) is 0 Å². The molecule has 5 heteroatoms. The van der Waals surface area contributed by atoms with E-state index in [9.17, 15) is 13.2 Å². The van der Waals surface area contributed by atoms with Crippen LogP contribution in [0, 0.1) is 0 Å². The minimum Gasteiger partial charge on any atom is -0.298 e. The normalized spacial score (nSPS) is 14.6. The van der Waals surface area contributed by atoms with Crippen LogP contribution in [0.4, 0.5) is 5.69 Å². The number of carbonyl (C=O) groups excluding carboxylic acids is 1. The molecule has 108 valence electrons. The van der Waals surface area contributed by atoms with Gasteiger partial charge >= 0.3 is 0 Å². The van der Waals surface area contributed by atoms with Crippen LogP contribution >= 0.6 is 0 Å². The number of aldehydes is 1. The predicted molar refractivity (Wildman–Crippen MR) is 81.1 cm³/mol. The quantitative estimate of drug-likeness (QED) is 0.819. The van der Waals surface area contributed by atoms with Crippen LogP contribution < -0.4 is 4.31 Å². The molecule has 0 saturated carbocycles. The summed E-state index contributed by atoms with van der Waals surface area (Å²) < 4.78 is 27.2. The Morgan fingerprint density at radius 3 is 2.52 bits per heavy atom. The SMILES string of the molecule is O=Cc1ccccc1S(=O)(=O)N1CCCc2ccccc21. The third-order valence-corrected chi connectivity index (χ3v) is 5.57. The maximum absolute atomic E-state index is 12.9. The van der Waals surface area contributed by atoms with E-state index >= 15 is 0 Å². The van der Waals surface area contributed by atoms with E-state index in [0.29, 0.717) is 18.5 Å². The molecule has 21 heavy (non-hydrogen) atoms. The molecule has 0 spiro atoms. The Balaban J connectivity index is 2.14. The van der Waals surface area contributed by atoms with Crippen molar-refractivity contribution in [3.8, 4) is 0 Å². The number of benzene rings is 2. The maximum Gasteiger partial charge on any atom is 0.265 e. The fourth-order valence-corrected chi connectivity index (χ4v) is 4.39. The summed E-state index contributed by atoms with van der Waals surface area (Å²) in [4.78, 5) is 11.2. The summed E-state index contributed by atoms with van der Waals surface area (Å²) in [5.74, 6) is 0. The van der Waals surface area contributed by atoms with Crippen LogP contribution in [0.3, 0.4) is 0 Å². The Hall–Kier alpha value is -2.14. The molecule has 0 fully saturated rings. The highest BCUT2D eigenvalue weighted by Crippen LogP contribution is 2.32. The van der Waals surface area contributed by atoms with Crippen molar-refractivity contribution in [2.45, 2.75) is 17.7 Å². The van der Waals surface area contributed by atoms with E-state index in [1.807, 2.05) is 24.3 Å². The second kappa shape index (κ2) is 5.33. The highest BCUT2D eigenvalue weighted by molar-refractivity contribution is 7.93. The Morgan fingerprint density at radius 2 is 1.71 bits per heavy atom. The van der Waals surface area contributed by atoms with Gasteiger partial charge in [-0.05, 0) is 30.5 Å². The molecule has 0 amide bonds. The summed E-state index contributed by atoms with van der Waals surface area (Å²) in [7, 11) is -3.72. The van der Waals surface area contributed by atoms with Crippen molar-refractivity contribution < 1.29 is 13.2 Å². The van der Waals surface area contributed by atoms with Crippen LogP contribution in [0.1, 0.15) is 22.3 Å². The summed E-state index contributed by atoms with van der Waals surface area (Å²) in [6.45, 7) is 0.437. The van der Waals surface area contributed by atoms with Gasteiger partial charge < -0.3 is 0 Å². The fraction of sp³-hybridized carbons (Fsp3) is 0.188. The number of anilines is 1. The molecular formula is C16H15NO3S. The standard InChI is InChI=1S/C16H15NO3S/c18-12-14-7-2-4-10-16(14)21(19,20)17-11-5-8-13-6-1-3-9-15(13)17/h1-4,6-7,9-10,12H,5,8,11H2. The van der Waals surface area contributed by atoms with Gasteiger partial charge in [0, 0.05) is 12.1 Å². The van der Waals surface area contributed by atoms with E-state index < -0.39 is 10.0 Å². The molecule has 0 aromatic heterocycles. The largest absolute Gasteiger partial charge is 0.298 e. The van der Waals surface area contributed by atoms with Gasteiger partial charge in [-0.2, -0.15) is 0 Å². The lowest BCUT2D eigenvalue weighted by molar-refractivity contribution is 0.112. The van der Waals surface area contributed by atoms with Crippen molar-refractivity contribution in [3.05, 3.63) is 59.7 Å². The van der Waals surface area contributed by atoms with Gasteiger partial charge in [-0.3, -0.25) is 9.10 Å². The number of para-hydroxylation sites is 1. The van der Waals surface area contributed by atoms with E-state index in [-0.39, 0.29) is 10.5 Å². The van der Waals surface area contributed by atoms with Crippen molar-refractivity contribution >= 4 is 22.0 Å². The van der Waals surface area contributed by atoms with Crippen LogP contribution in [0.25, 0.3) is 0 Å². The average Bonchev–Trinajstić information content (AvgIpc) is 2.54. The minimum absolute atomic E-state index is 0.0664. The predicted octanol–water partition coefficient (Wildman–Crippen LogP) is 2.64. The lowest BCUT2D eigenvalue weighted by Crippen LogP contribution is -2.35. The molecule has 0 aliphatic carbocycles. The van der Waals surface area contributed by atoms with E-state index in [1.165, 1.54) is 16.4 Å². The van der Waals surface area contributed by atoms with Crippen LogP contribution in [-0.2, 0) is 16.4 Å². The Labute approximate surface area is 124 Å². The van der Waals surface area contributed by atoms with Crippen LogP contribution in [-0.4, -0.2) is 21.2 Å². The fourth-order valence-electron chi connectivity index (χ4n) is 2.68. The van der Waals surface area contributed by atoms with Crippen molar-refractivity contribution in [2.75, 3.05) is 10.8 Å². The Kier molecular flexibility index (Phi) is 3.51. The van der Waals surface area contributed by atoms with E-state index in [0.717, 1.165) is 18.4 Å². The first-order valence-corrected chi connectivity index (χ1v) is 8.23. The first-order chi connectivity index (χ1) is 10.1. The van der Waals surface area contributed by atoms with Gasteiger partial charge in [-0.15, -0.1) is 0 Å². The topological polar surface area (TPSA) is 54.5 Å². The monoisotopic (exact) mass is 301 g/mol. The molecule has 4 nitrogen and oxygen atoms in total. The lowest BCUT2D eigenvalue weighted by atomic mass is 10.0. The Morgan fingerprint density at radius 1 is 1.00 bits per heavy atom. The molecule has 2 aromatic rings. The van der Waals surface area contributed by atoms with Crippen LogP contribution in [0.15, 0.2) is 53.4 Å². The smallest absolute Gasteiger partial charge is 0.265 e. The van der Waals surface area contributed by atoms with E-state index in [1.54, 1.807) is 12.1 Å². The molecule has 2 aromatic carbocycles. The number of nitrogens with zero attached hydrogens (tertiary/aromatic N) is 1. The first-order valence-electron chi connectivity index (χ1n) is 6.79. The average molecular weight is 301 g/mol. The zero-order chi connectivity index (χ0) is 14.9. The van der Waals surface area contributed by atoms with Gasteiger partial charge in [0.2, 0.25) is 0 Å². The van der Waals surface area contributed by atoms with Crippen molar-refractivity contribution in [2.24, 2.45) is 0 Å². The minimum atomic E-state index is -3.72. The van der Waals surface area contributed by atoms with Crippen LogP contribution in [0.2, 0.25) is 0 Å². The van der Waals surface area contributed by atoms with Gasteiger partial charge in [0.15, 0.2) is 6.29 Å². The number of fused-ring (bicyclic) bond motifs is 1. The molecule has 1 aliphatic rings. The summed E-state index contributed by atoms with van der Waals surface area (Å²) in [6.07, 6.45) is 2.24. The van der Waals surface area contributed by atoms with Crippen molar-refractivity contribution in [1.29, 1.82) is 0 Å². The molecule has 0 bridgehead atoms. The number of hydrogen-bond acceptors (Lipinski definition) is 3. The summed E-state index contributed by atoms with van der Waals surface area (Å²) in [6, 6.07) is 13.8. The van der Waals surface area contributed by atoms with Gasteiger partial charge in [-0.1, -0.05) is 36.4 Å². The third kappa shape index (κ3) is 2.34. The molecular weight excluding hydrogens is 286 g/mol. The highest BCUT2D eigenvalue weighted by Gasteiger charge is 2.30. The molecule has 3 rings (SSSR count). The zero-order valence-electron chi connectivity index (χ0n) is 11.4. The Bertz CT molecular complexity index is 784. The second-order valence-electron chi connectivity index (χ2n) is 4.97. The molecule has 0 atom stereocenters. The first kappa shape index (κ1) is 13.8. The van der Waals surface area contributed by atoms with E-state index in [2.05, 4.69) is 0 Å². The molecule has 1 aliphatic heterocycles. The van der Waals surface area contributed by atoms with Crippen LogP contribution in [0.5, 0.6) is 0 Å². The summed E-state index contributed by atoms with van der Waals surface area (Å²) in [5, 5.41) is 0. The second-order valence-corrected chi connectivity index (χ2v) is 6.80. The molecule has 0 N–H and O–H groups in total. The number of rotatable bonds is 3. The van der Waals surface area contributed by atoms with Gasteiger partial charge in [-0.25, -0.2) is 8.42 Å². The lowest BCUT2D eigenvalue weighted by Gasteiger charge is -2.30. The third-order valence-electron chi connectivity index (χ3n) is 3.68. The van der Waals surface area contributed by atoms with E-state index in [4.69, 9.17) is 0 Å². The van der Waals surface area contributed by atoms with Gasteiger partial charge in [0.1, 0.15) is 0 Å². The summed E-state index contributed by atoms with van der Waals surface area (Å²) in [5.41, 5.74) is 1.93.